The largest absolute Gasteiger partial charge is 0.347 e. The van der Waals surface area contributed by atoms with Gasteiger partial charge in [0.05, 0.1) is 18.8 Å². The number of carbonyl (C=O) groups excluding carboxylic acids is 2. The number of carbonyl (C=O) groups is 2. The molecule has 0 aromatic carbocycles. The van der Waals surface area contributed by atoms with Crippen molar-refractivity contribution in [3.63, 3.8) is 0 Å². The lowest BCUT2D eigenvalue weighted by atomic mass is 10.2. The predicted molar refractivity (Wildman–Crippen MR) is 51.6 cm³/mol. The third-order valence-corrected chi connectivity index (χ3v) is 2.48. The number of imide groups is 1. The van der Waals surface area contributed by atoms with Crippen LogP contribution in [0, 0.1) is 0 Å². The molecule has 1 aliphatic heterocycles. The minimum absolute atomic E-state index is 0.137. The molecule has 1 aromatic heterocycles. The standard InChI is InChI=1S/C9H12N4O2/c1-13-8(14)2-7(9(13)15)11-4-6-3-10-5-12-6/h3,5,7,11H,2,4H2,1H3,(H,10,12). The quantitative estimate of drug-likeness (QED) is 0.641. The minimum atomic E-state index is -0.397. The number of hydrogen-bond donors (Lipinski definition) is 2. The Morgan fingerprint density at radius 3 is 3.00 bits per heavy atom. The Kier molecular flexibility index (Phi) is 2.51. The van der Waals surface area contributed by atoms with E-state index < -0.39 is 6.04 Å². The number of imidazole rings is 1. The highest BCUT2D eigenvalue weighted by molar-refractivity contribution is 6.05. The van der Waals surface area contributed by atoms with Crippen molar-refractivity contribution in [1.82, 2.24) is 20.2 Å². The molecule has 15 heavy (non-hydrogen) atoms. The number of likely N-dealkylation sites (N-methyl/N-ethyl adjacent to an activating group) is 1. The monoisotopic (exact) mass is 208 g/mol. The molecular weight excluding hydrogens is 196 g/mol. The maximum Gasteiger partial charge on any atom is 0.246 e. The molecule has 1 aromatic rings. The molecule has 1 unspecified atom stereocenters. The van der Waals surface area contributed by atoms with Gasteiger partial charge in [0, 0.05) is 25.5 Å². The molecule has 2 rings (SSSR count). The molecule has 1 saturated heterocycles. The summed E-state index contributed by atoms with van der Waals surface area (Å²) in [4.78, 5) is 30.6. The van der Waals surface area contributed by atoms with Crippen LogP contribution in [0.1, 0.15) is 12.1 Å². The molecule has 0 saturated carbocycles. The van der Waals surface area contributed by atoms with E-state index in [1.165, 1.54) is 7.05 Å². The molecule has 2 heterocycles. The number of amides is 2. The van der Waals surface area contributed by atoms with Crippen LogP contribution in [0.25, 0.3) is 0 Å². The summed E-state index contributed by atoms with van der Waals surface area (Å²) < 4.78 is 0. The first kappa shape index (κ1) is 9.85. The van der Waals surface area contributed by atoms with Crippen LogP contribution >= 0.6 is 0 Å². The molecule has 2 amide bonds. The maximum atomic E-state index is 11.5. The summed E-state index contributed by atoms with van der Waals surface area (Å²) in [5, 5.41) is 3.01. The van der Waals surface area contributed by atoms with E-state index in [0.29, 0.717) is 6.54 Å². The van der Waals surface area contributed by atoms with Crippen LogP contribution in [-0.4, -0.2) is 39.8 Å². The SMILES string of the molecule is CN1C(=O)CC(NCc2cnc[nH]2)C1=O. The summed E-state index contributed by atoms with van der Waals surface area (Å²) in [6.07, 6.45) is 3.49. The first-order valence-corrected chi connectivity index (χ1v) is 4.69. The van der Waals surface area contributed by atoms with Crippen molar-refractivity contribution in [3.8, 4) is 0 Å². The predicted octanol–water partition coefficient (Wildman–Crippen LogP) is -0.743. The lowest BCUT2D eigenvalue weighted by molar-refractivity contribution is -0.137. The van der Waals surface area contributed by atoms with Crippen molar-refractivity contribution < 1.29 is 9.59 Å². The van der Waals surface area contributed by atoms with E-state index in [9.17, 15) is 9.59 Å². The van der Waals surface area contributed by atoms with Gasteiger partial charge in [0.2, 0.25) is 11.8 Å². The van der Waals surface area contributed by atoms with Gasteiger partial charge in [-0.05, 0) is 0 Å². The number of aromatic nitrogens is 2. The lowest BCUT2D eigenvalue weighted by Gasteiger charge is -2.09. The first-order valence-electron chi connectivity index (χ1n) is 4.69. The van der Waals surface area contributed by atoms with Crippen molar-refractivity contribution in [2.45, 2.75) is 19.0 Å². The summed E-state index contributed by atoms with van der Waals surface area (Å²) >= 11 is 0. The number of nitrogens with zero attached hydrogens (tertiary/aromatic N) is 2. The third kappa shape index (κ3) is 1.89. The van der Waals surface area contributed by atoms with E-state index >= 15 is 0 Å². The Bertz CT molecular complexity index is 373. The molecule has 2 N–H and O–H groups in total. The summed E-state index contributed by atoms with van der Waals surface area (Å²) in [7, 11) is 1.50. The Morgan fingerprint density at radius 1 is 1.67 bits per heavy atom. The van der Waals surface area contributed by atoms with Gasteiger partial charge in [0.25, 0.3) is 0 Å². The van der Waals surface area contributed by atoms with Crippen LogP contribution in [0.15, 0.2) is 12.5 Å². The van der Waals surface area contributed by atoms with Crippen molar-refractivity contribution in [2.75, 3.05) is 7.05 Å². The van der Waals surface area contributed by atoms with Gasteiger partial charge in [-0.15, -0.1) is 0 Å². The lowest BCUT2D eigenvalue weighted by Crippen LogP contribution is -2.36. The third-order valence-electron chi connectivity index (χ3n) is 2.48. The number of hydrogen-bond acceptors (Lipinski definition) is 4. The number of nitrogens with one attached hydrogen (secondary N) is 2. The molecule has 1 aliphatic rings. The molecular formula is C9H12N4O2. The molecule has 6 nitrogen and oxygen atoms in total. The first-order chi connectivity index (χ1) is 7.18. The van der Waals surface area contributed by atoms with Crippen LogP contribution in [-0.2, 0) is 16.1 Å². The molecule has 0 spiro atoms. The van der Waals surface area contributed by atoms with E-state index in [1.54, 1.807) is 12.5 Å². The Morgan fingerprint density at radius 2 is 2.47 bits per heavy atom. The van der Waals surface area contributed by atoms with Crippen LogP contribution in [0.5, 0.6) is 0 Å². The van der Waals surface area contributed by atoms with Gasteiger partial charge in [-0.3, -0.25) is 19.8 Å². The number of likely N-dealkylation sites (tertiary alicyclic amines) is 1. The van der Waals surface area contributed by atoms with Crippen molar-refractivity contribution in [3.05, 3.63) is 18.2 Å². The van der Waals surface area contributed by atoms with Crippen LogP contribution < -0.4 is 5.32 Å². The Hall–Kier alpha value is -1.69. The zero-order valence-electron chi connectivity index (χ0n) is 8.36. The fraction of sp³-hybridized carbons (Fsp3) is 0.444. The normalized spacial score (nSPS) is 21.4. The summed E-state index contributed by atoms with van der Waals surface area (Å²) in [5.41, 5.74) is 0.893. The number of rotatable bonds is 3. The van der Waals surface area contributed by atoms with Gasteiger partial charge in [0.15, 0.2) is 0 Å². The van der Waals surface area contributed by atoms with Crippen LogP contribution in [0.3, 0.4) is 0 Å². The van der Waals surface area contributed by atoms with Crippen LogP contribution in [0.4, 0.5) is 0 Å². The second kappa shape index (κ2) is 3.82. The molecule has 0 bridgehead atoms. The highest BCUT2D eigenvalue weighted by Crippen LogP contribution is 2.10. The van der Waals surface area contributed by atoms with E-state index in [-0.39, 0.29) is 18.2 Å². The highest BCUT2D eigenvalue weighted by Gasteiger charge is 2.35. The average molecular weight is 208 g/mol. The zero-order chi connectivity index (χ0) is 10.8. The molecule has 80 valence electrons. The summed E-state index contributed by atoms with van der Waals surface area (Å²) in [6, 6.07) is -0.397. The minimum Gasteiger partial charge on any atom is -0.347 e. The van der Waals surface area contributed by atoms with E-state index in [0.717, 1.165) is 10.6 Å². The fourth-order valence-electron chi connectivity index (χ4n) is 1.53. The van der Waals surface area contributed by atoms with Crippen molar-refractivity contribution >= 4 is 11.8 Å². The molecule has 1 fully saturated rings. The Labute approximate surface area is 86.7 Å². The summed E-state index contributed by atoms with van der Waals surface area (Å²) in [6.45, 7) is 0.511. The second-order valence-corrected chi connectivity index (χ2v) is 3.51. The molecule has 0 radical (unpaired) electrons. The van der Waals surface area contributed by atoms with Gasteiger partial charge in [0.1, 0.15) is 0 Å². The second-order valence-electron chi connectivity index (χ2n) is 3.51. The number of aromatic amines is 1. The number of H-pyrrole nitrogens is 1. The highest BCUT2D eigenvalue weighted by atomic mass is 16.2. The Balaban J connectivity index is 1.91. The van der Waals surface area contributed by atoms with Gasteiger partial charge < -0.3 is 4.98 Å². The van der Waals surface area contributed by atoms with Gasteiger partial charge in [-0.25, -0.2) is 4.98 Å². The zero-order valence-corrected chi connectivity index (χ0v) is 8.36. The van der Waals surface area contributed by atoms with Crippen molar-refractivity contribution in [1.29, 1.82) is 0 Å². The smallest absolute Gasteiger partial charge is 0.246 e. The van der Waals surface area contributed by atoms with Crippen molar-refractivity contribution in [2.24, 2.45) is 0 Å². The van der Waals surface area contributed by atoms with E-state index in [1.807, 2.05) is 0 Å². The van der Waals surface area contributed by atoms with Gasteiger partial charge >= 0.3 is 0 Å². The topological polar surface area (TPSA) is 78.1 Å². The summed E-state index contributed by atoms with van der Waals surface area (Å²) in [5.74, 6) is -0.304. The molecule has 0 aliphatic carbocycles. The molecule has 6 heteroatoms. The van der Waals surface area contributed by atoms with Gasteiger partial charge in [-0.2, -0.15) is 0 Å². The average Bonchev–Trinajstić information content (AvgIpc) is 2.80. The molecule has 1 atom stereocenters. The fourth-order valence-corrected chi connectivity index (χ4v) is 1.53. The van der Waals surface area contributed by atoms with Crippen LogP contribution in [0.2, 0.25) is 0 Å². The van der Waals surface area contributed by atoms with E-state index in [2.05, 4.69) is 15.3 Å². The maximum absolute atomic E-state index is 11.5. The van der Waals surface area contributed by atoms with Gasteiger partial charge in [-0.1, -0.05) is 0 Å². The van der Waals surface area contributed by atoms with E-state index in [4.69, 9.17) is 0 Å².